The molecule has 2 aromatic heterocycles. The quantitative estimate of drug-likeness (QED) is 0.550. The summed E-state index contributed by atoms with van der Waals surface area (Å²) in [6.45, 7) is 4.68. The van der Waals surface area contributed by atoms with Crippen LogP contribution in [0, 0.1) is 0 Å². The second-order valence-corrected chi connectivity index (χ2v) is 6.73. The molecule has 7 nitrogen and oxygen atoms in total. The number of amides is 1. The minimum Gasteiger partial charge on any atom is -0.397 e. The van der Waals surface area contributed by atoms with E-state index in [2.05, 4.69) is 49.8 Å². The van der Waals surface area contributed by atoms with E-state index in [0.717, 1.165) is 38.0 Å². The number of anilines is 2. The van der Waals surface area contributed by atoms with Gasteiger partial charge < -0.3 is 26.3 Å². The van der Waals surface area contributed by atoms with E-state index in [1.807, 2.05) is 6.07 Å². The molecule has 1 aliphatic rings. The summed E-state index contributed by atoms with van der Waals surface area (Å²) in [5.74, 6) is -0.194. The van der Waals surface area contributed by atoms with Crippen molar-refractivity contribution in [3.63, 3.8) is 0 Å². The van der Waals surface area contributed by atoms with Crippen molar-refractivity contribution in [2.24, 2.45) is 0 Å². The first-order chi connectivity index (χ1) is 13.2. The fourth-order valence-corrected chi connectivity index (χ4v) is 3.42. The number of rotatable bonds is 5. The number of aromatic amines is 1. The highest BCUT2D eigenvalue weighted by Crippen LogP contribution is 2.21. The maximum absolute atomic E-state index is 12.4. The molecule has 1 saturated heterocycles. The molecule has 0 aliphatic carbocycles. The van der Waals surface area contributed by atoms with Crippen molar-refractivity contribution >= 4 is 28.3 Å². The van der Waals surface area contributed by atoms with Crippen LogP contribution < -0.4 is 21.3 Å². The van der Waals surface area contributed by atoms with Crippen molar-refractivity contribution in [3.8, 4) is 0 Å². The number of nitrogens with zero attached hydrogens (tertiary/aromatic N) is 2. The van der Waals surface area contributed by atoms with Gasteiger partial charge in [0.1, 0.15) is 5.65 Å². The third-order valence-corrected chi connectivity index (χ3v) is 4.99. The molecule has 1 fully saturated rings. The lowest BCUT2D eigenvalue weighted by Crippen LogP contribution is -2.43. The third kappa shape index (κ3) is 3.73. The summed E-state index contributed by atoms with van der Waals surface area (Å²) in [6, 6.07) is 10.4. The van der Waals surface area contributed by atoms with Gasteiger partial charge in [-0.2, -0.15) is 0 Å². The molecule has 3 heterocycles. The van der Waals surface area contributed by atoms with Gasteiger partial charge in [-0.3, -0.25) is 4.79 Å². The summed E-state index contributed by atoms with van der Waals surface area (Å²) >= 11 is 0. The number of hydrogen-bond acceptors (Lipinski definition) is 5. The van der Waals surface area contributed by atoms with E-state index in [9.17, 15) is 4.79 Å². The first-order valence-electron chi connectivity index (χ1n) is 9.27. The zero-order valence-electron chi connectivity index (χ0n) is 15.2. The highest BCUT2D eigenvalue weighted by atomic mass is 16.1. The number of aromatic nitrogens is 2. The van der Waals surface area contributed by atoms with E-state index < -0.39 is 0 Å². The summed E-state index contributed by atoms with van der Waals surface area (Å²) in [4.78, 5) is 22.0. The lowest BCUT2D eigenvalue weighted by molar-refractivity contribution is 0.0955. The smallest absolute Gasteiger partial charge is 0.254 e. The number of piperazine rings is 1. The Balaban J connectivity index is 1.33. The molecular formula is C20H24N6O. The molecule has 4 rings (SSSR count). The largest absolute Gasteiger partial charge is 0.397 e. The van der Waals surface area contributed by atoms with Crippen LogP contribution >= 0.6 is 0 Å². The Morgan fingerprint density at radius 2 is 1.96 bits per heavy atom. The normalized spacial score (nSPS) is 14.4. The van der Waals surface area contributed by atoms with Crippen molar-refractivity contribution < 1.29 is 4.79 Å². The number of fused-ring (bicyclic) bond motifs is 1. The van der Waals surface area contributed by atoms with Crippen molar-refractivity contribution in [1.82, 2.24) is 20.6 Å². The van der Waals surface area contributed by atoms with Crippen LogP contribution in [0.3, 0.4) is 0 Å². The maximum atomic E-state index is 12.4. The Labute approximate surface area is 158 Å². The fraction of sp³-hybridized carbons (Fsp3) is 0.300. The number of carbonyl (C=O) groups is 1. The van der Waals surface area contributed by atoms with Crippen molar-refractivity contribution in [1.29, 1.82) is 0 Å². The first-order valence-corrected chi connectivity index (χ1v) is 9.27. The van der Waals surface area contributed by atoms with Gasteiger partial charge in [-0.05, 0) is 30.2 Å². The third-order valence-electron chi connectivity index (χ3n) is 4.99. The molecule has 0 spiro atoms. The van der Waals surface area contributed by atoms with E-state index in [-0.39, 0.29) is 5.91 Å². The van der Waals surface area contributed by atoms with E-state index in [4.69, 9.17) is 5.73 Å². The standard InChI is InChI=1S/C20H24N6O/c21-18-16-6-8-23-19(16)25-13-17(18)20(27)24-7-5-14-1-3-15(4-2-14)26-11-9-22-10-12-26/h1-4,6,8,13,22H,5,7,9-12H2,(H,24,27)(H3,21,23,25). The molecule has 27 heavy (non-hydrogen) atoms. The molecule has 0 saturated carbocycles. The van der Waals surface area contributed by atoms with Gasteiger partial charge in [-0.1, -0.05) is 12.1 Å². The monoisotopic (exact) mass is 364 g/mol. The minimum absolute atomic E-state index is 0.194. The van der Waals surface area contributed by atoms with Gasteiger partial charge in [-0.25, -0.2) is 4.98 Å². The Bertz CT molecular complexity index is 927. The van der Waals surface area contributed by atoms with Crippen molar-refractivity contribution in [3.05, 3.63) is 53.9 Å². The van der Waals surface area contributed by atoms with Gasteiger partial charge in [0, 0.05) is 56.2 Å². The molecule has 7 heteroatoms. The number of H-pyrrole nitrogens is 1. The SMILES string of the molecule is Nc1c(C(=O)NCCc2ccc(N3CCNCC3)cc2)cnc2[nH]ccc12. The van der Waals surface area contributed by atoms with Crippen LogP contribution in [0.2, 0.25) is 0 Å². The number of hydrogen-bond donors (Lipinski definition) is 4. The molecule has 0 atom stereocenters. The molecular weight excluding hydrogens is 340 g/mol. The first kappa shape index (κ1) is 17.4. The van der Waals surface area contributed by atoms with Gasteiger partial charge in [0.2, 0.25) is 0 Å². The van der Waals surface area contributed by atoms with E-state index in [1.54, 1.807) is 6.20 Å². The van der Waals surface area contributed by atoms with Crippen LogP contribution in [0.15, 0.2) is 42.7 Å². The molecule has 0 bridgehead atoms. The lowest BCUT2D eigenvalue weighted by atomic mass is 10.1. The molecule has 1 amide bonds. The zero-order chi connectivity index (χ0) is 18.6. The number of nitrogens with one attached hydrogen (secondary N) is 3. The second kappa shape index (κ2) is 7.67. The zero-order valence-corrected chi connectivity index (χ0v) is 15.2. The van der Waals surface area contributed by atoms with Crippen LogP contribution in [0.5, 0.6) is 0 Å². The number of nitrogen functional groups attached to an aromatic ring is 1. The molecule has 0 radical (unpaired) electrons. The highest BCUT2D eigenvalue weighted by molar-refractivity contribution is 6.05. The topological polar surface area (TPSA) is 99.1 Å². The van der Waals surface area contributed by atoms with Gasteiger partial charge in [0.15, 0.2) is 0 Å². The summed E-state index contributed by atoms with van der Waals surface area (Å²) in [7, 11) is 0. The summed E-state index contributed by atoms with van der Waals surface area (Å²) < 4.78 is 0. The number of benzene rings is 1. The Morgan fingerprint density at radius 3 is 2.74 bits per heavy atom. The van der Waals surface area contributed by atoms with E-state index >= 15 is 0 Å². The fourth-order valence-electron chi connectivity index (χ4n) is 3.42. The molecule has 5 N–H and O–H groups in total. The number of pyridine rings is 1. The van der Waals surface area contributed by atoms with E-state index in [0.29, 0.717) is 23.4 Å². The number of carbonyl (C=O) groups excluding carboxylic acids is 1. The molecule has 0 unspecified atom stereocenters. The second-order valence-electron chi connectivity index (χ2n) is 6.73. The van der Waals surface area contributed by atoms with Gasteiger partial charge >= 0.3 is 0 Å². The highest BCUT2D eigenvalue weighted by Gasteiger charge is 2.14. The predicted octanol–water partition coefficient (Wildman–Crippen LogP) is 1.53. The Kier molecular flexibility index (Phi) is 4.93. The van der Waals surface area contributed by atoms with Crippen LogP contribution in [0.4, 0.5) is 11.4 Å². The summed E-state index contributed by atoms with van der Waals surface area (Å²) in [5, 5.41) is 7.07. The van der Waals surface area contributed by atoms with Crippen LogP contribution in [0.25, 0.3) is 11.0 Å². The van der Waals surface area contributed by atoms with Crippen LogP contribution in [-0.4, -0.2) is 48.6 Å². The van der Waals surface area contributed by atoms with Gasteiger partial charge in [0.05, 0.1) is 11.3 Å². The van der Waals surface area contributed by atoms with Gasteiger partial charge in [-0.15, -0.1) is 0 Å². The Hall–Kier alpha value is -3.06. The minimum atomic E-state index is -0.194. The van der Waals surface area contributed by atoms with Crippen LogP contribution in [0.1, 0.15) is 15.9 Å². The van der Waals surface area contributed by atoms with E-state index in [1.165, 1.54) is 17.4 Å². The average molecular weight is 364 g/mol. The van der Waals surface area contributed by atoms with Crippen molar-refractivity contribution in [2.45, 2.75) is 6.42 Å². The lowest BCUT2D eigenvalue weighted by Gasteiger charge is -2.29. The predicted molar refractivity (Wildman–Crippen MR) is 108 cm³/mol. The molecule has 140 valence electrons. The average Bonchev–Trinajstić information content (AvgIpc) is 3.19. The van der Waals surface area contributed by atoms with Crippen LogP contribution in [-0.2, 0) is 6.42 Å². The molecule has 1 aromatic carbocycles. The molecule has 1 aliphatic heterocycles. The summed E-state index contributed by atoms with van der Waals surface area (Å²) in [6.07, 6.45) is 4.05. The maximum Gasteiger partial charge on any atom is 0.254 e. The van der Waals surface area contributed by atoms with Gasteiger partial charge in [0.25, 0.3) is 5.91 Å². The molecule has 3 aromatic rings. The van der Waals surface area contributed by atoms with Crippen molar-refractivity contribution in [2.75, 3.05) is 43.4 Å². The number of nitrogens with two attached hydrogens (primary N) is 1. The Morgan fingerprint density at radius 1 is 1.19 bits per heavy atom. The summed E-state index contributed by atoms with van der Waals surface area (Å²) in [5.41, 5.74) is 10.1.